The Hall–Kier alpha value is -1.84. The molecule has 1 atom stereocenters. The molecule has 0 fully saturated rings. The fraction of sp³-hybridized carbons (Fsp3) is 0.273. The molecule has 2 aliphatic heterocycles. The van der Waals surface area contributed by atoms with E-state index in [2.05, 4.69) is 4.99 Å². The minimum absolute atomic E-state index is 0.588. The van der Waals surface area contributed by atoms with E-state index in [0.717, 1.165) is 11.4 Å². The molecular weight excluding hydrogens is 192 g/mol. The topological polar surface area (TPSA) is 52.9 Å². The Bertz CT molecular complexity index is 405. The summed E-state index contributed by atoms with van der Waals surface area (Å²) in [7, 11) is 0. The van der Waals surface area contributed by atoms with E-state index in [1.807, 2.05) is 24.3 Å². The highest BCUT2D eigenvalue weighted by Gasteiger charge is 2.25. The van der Waals surface area contributed by atoms with Crippen molar-refractivity contribution in [2.75, 3.05) is 6.54 Å². The maximum Gasteiger partial charge on any atom is 0.326 e. The summed E-state index contributed by atoms with van der Waals surface area (Å²) in [5, 5.41) is 8.96. The highest BCUT2D eigenvalue weighted by atomic mass is 16.4. The van der Waals surface area contributed by atoms with Crippen LogP contribution in [0.3, 0.4) is 0 Å². The zero-order valence-electron chi connectivity index (χ0n) is 8.42. The van der Waals surface area contributed by atoms with Gasteiger partial charge in [0, 0.05) is 11.8 Å². The molecule has 2 heterocycles. The minimum atomic E-state index is -0.849. The van der Waals surface area contributed by atoms with E-state index in [0.29, 0.717) is 6.54 Å². The highest BCUT2D eigenvalue weighted by molar-refractivity contribution is 6.04. The number of amidine groups is 1. The van der Waals surface area contributed by atoms with Crippen molar-refractivity contribution in [3.8, 4) is 0 Å². The Morgan fingerprint density at radius 3 is 3.20 bits per heavy atom. The van der Waals surface area contributed by atoms with Gasteiger partial charge in [0.1, 0.15) is 11.9 Å². The quantitative estimate of drug-likeness (QED) is 0.735. The number of carboxylic acids is 1. The van der Waals surface area contributed by atoms with E-state index in [4.69, 9.17) is 5.11 Å². The van der Waals surface area contributed by atoms with E-state index in [-0.39, 0.29) is 0 Å². The summed E-state index contributed by atoms with van der Waals surface area (Å²) >= 11 is 0. The van der Waals surface area contributed by atoms with Gasteiger partial charge in [0.25, 0.3) is 0 Å². The van der Waals surface area contributed by atoms with Gasteiger partial charge in [0.15, 0.2) is 0 Å². The number of dihydropyridines is 1. The molecule has 0 aromatic rings. The number of fused-ring (bicyclic) bond motifs is 1. The highest BCUT2D eigenvalue weighted by Crippen LogP contribution is 2.18. The number of carbonyl (C=O) groups is 1. The molecule has 1 N–H and O–H groups in total. The monoisotopic (exact) mass is 204 g/mol. The third-order valence-electron chi connectivity index (χ3n) is 2.44. The van der Waals surface area contributed by atoms with Gasteiger partial charge < -0.3 is 10.0 Å². The standard InChI is InChI=1S/C11H12N2O2/c1-8(11(14)15)13-7-3-5-9-4-2-6-12-10(9)13/h2-5,7-8H,6H2,1H3,(H,14,15). The summed E-state index contributed by atoms with van der Waals surface area (Å²) in [6, 6.07) is -0.588. The molecule has 0 saturated heterocycles. The van der Waals surface area contributed by atoms with Crippen molar-refractivity contribution in [1.82, 2.24) is 4.90 Å². The molecule has 15 heavy (non-hydrogen) atoms. The normalized spacial score (nSPS) is 20.5. The van der Waals surface area contributed by atoms with Crippen LogP contribution in [0.4, 0.5) is 0 Å². The lowest BCUT2D eigenvalue weighted by Crippen LogP contribution is -2.41. The molecule has 0 saturated carbocycles. The van der Waals surface area contributed by atoms with Gasteiger partial charge in [-0.3, -0.25) is 4.99 Å². The summed E-state index contributed by atoms with van der Waals surface area (Å²) in [6.45, 7) is 2.26. The van der Waals surface area contributed by atoms with Crippen molar-refractivity contribution < 1.29 is 9.90 Å². The van der Waals surface area contributed by atoms with Crippen LogP contribution in [0.1, 0.15) is 6.92 Å². The summed E-state index contributed by atoms with van der Waals surface area (Å²) in [6.07, 6.45) is 9.44. The Morgan fingerprint density at radius 2 is 2.47 bits per heavy atom. The summed E-state index contributed by atoms with van der Waals surface area (Å²) in [4.78, 5) is 16.9. The molecule has 2 rings (SSSR count). The Morgan fingerprint density at radius 1 is 1.67 bits per heavy atom. The number of hydrogen-bond acceptors (Lipinski definition) is 3. The lowest BCUT2D eigenvalue weighted by atomic mass is 10.1. The zero-order chi connectivity index (χ0) is 10.8. The van der Waals surface area contributed by atoms with Gasteiger partial charge in [-0.05, 0) is 19.1 Å². The number of rotatable bonds is 2. The van der Waals surface area contributed by atoms with Crippen LogP contribution in [-0.2, 0) is 4.79 Å². The van der Waals surface area contributed by atoms with Gasteiger partial charge in [0.2, 0.25) is 0 Å². The van der Waals surface area contributed by atoms with Crippen LogP contribution < -0.4 is 0 Å². The van der Waals surface area contributed by atoms with Crippen molar-refractivity contribution in [3.05, 3.63) is 36.1 Å². The molecule has 0 amide bonds. The van der Waals surface area contributed by atoms with Gasteiger partial charge in [-0.2, -0.15) is 0 Å². The first kappa shape index (κ1) is 9.71. The first-order valence-electron chi connectivity index (χ1n) is 4.81. The Kier molecular flexibility index (Phi) is 2.41. The summed E-state index contributed by atoms with van der Waals surface area (Å²) in [5.41, 5.74) is 0.969. The van der Waals surface area contributed by atoms with Crippen LogP contribution in [0.2, 0.25) is 0 Å². The molecule has 2 aliphatic rings. The molecule has 0 spiro atoms. The number of nitrogens with zero attached hydrogens (tertiary/aromatic N) is 2. The third kappa shape index (κ3) is 1.70. The number of aliphatic carboxylic acids is 1. The minimum Gasteiger partial charge on any atom is -0.480 e. The maximum absolute atomic E-state index is 10.9. The molecule has 0 aromatic heterocycles. The van der Waals surface area contributed by atoms with Crippen molar-refractivity contribution in [2.24, 2.45) is 4.99 Å². The van der Waals surface area contributed by atoms with Gasteiger partial charge in [-0.25, -0.2) is 4.79 Å². The SMILES string of the molecule is CC(C(=O)O)N1C=CC=C2C=CCN=C21. The predicted octanol–water partition coefficient (Wildman–Crippen LogP) is 1.18. The van der Waals surface area contributed by atoms with Gasteiger partial charge in [-0.15, -0.1) is 0 Å². The summed E-state index contributed by atoms with van der Waals surface area (Å²) < 4.78 is 0. The zero-order valence-corrected chi connectivity index (χ0v) is 8.42. The van der Waals surface area contributed by atoms with Crippen LogP contribution >= 0.6 is 0 Å². The van der Waals surface area contributed by atoms with Crippen molar-refractivity contribution in [2.45, 2.75) is 13.0 Å². The molecule has 0 radical (unpaired) electrons. The third-order valence-corrected chi connectivity index (χ3v) is 2.44. The lowest BCUT2D eigenvalue weighted by Gasteiger charge is -2.29. The average Bonchev–Trinajstić information content (AvgIpc) is 2.27. The van der Waals surface area contributed by atoms with E-state index in [1.165, 1.54) is 0 Å². The van der Waals surface area contributed by atoms with Gasteiger partial charge in [0.05, 0.1) is 6.54 Å². The van der Waals surface area contributed by atoms with Crippen molar-refractivity contribution in [1.29, 1.82) is 0 Å². The number of hydrogen-bond donors (Lipinski definition) is 1. The molecule has 4 nitrogen and oxygen atoms in total. The molecule has 1 unspecified atom stereocenters. The second-order valence-corrected chi connectivity index (χ2v) is 3.45. The van der Waals surface area contributed by atoms with Crippen LogP contribution in [0.15, 0.2) is 41.1 Å². The smallest absolute Gasteiger partial charge is 0.326 e. The fourth-order valence-electron chi connectivity index (χ4n) is 1.59. The van der Waals surface area contributed by atoms with E-state index in [9.17, 15) is 4.79 Å². The second kappa shape index (κ2) is 3.73. The molecule has 0 bridgehead atoms. The number of carboxylic acid groups (broad SMARTS) is 1. The van der Waals surface area contributed by atoms with Crippen LogP contribution in [-0.4, -0.2) is 34.4 Å². The largest absolute Gasteiger partial charge is 0.480 e. The fourth-order valence-corrected chi connectivity index (χ4v) is 1.59. The van der Waals surface area contributed by atoms with E-state index in [1.54, 1.807) is 18.0 Å². The molecule has 4 heteroatoms. The van der Waals surface area contributed by atoms with Crippen molar-refractivity contribution >= 4 is 11.8 Å². The molecule has 78 valence electrons. The molecule has 0 aliphatic carbocycles. The average molecular weight is 204 g/mol. The van der Waals surface area contributed by atoms with Gasteiger partial charge in [-0.1, -0.05) is 12.2 Å². The van der Waals surface area contributed by atoms with Crippen molar-refractivity contribution in [3.63, 3.8) is 0 Å². The lowest BCUT2D eigenvalue weighted by molar-refractivity contribution is -0.140. The first-order valence-corrected chi connectivity index (χ1v) is 4.81. The second-order valence-electron chi connectivity index (χ2n) is 3.45. The van der Waals surface area contributed by atoms with Crippen LogP contribution in [0.25, 0.3) is 0 Å². The van der Waals surface area contributed by atoms with E-state index >= 15 is 0 Å². The predicted molar refractivity (Wildman–Crippen MR) is 57.6 cm³/mol. The Labute approximate surface area is 87.9 Å². The summed E-state index contributed by atoms with van der Waals surface area (Å²) in [5.74, 6) is -0.104. The number of allylic oxidation sites excluding steroid dienone is 2. The van der Waals surface area contributed by atoms with Crippen LogP contribution in [0, 0.1) is 0 Å². The maximum atomic E-state index is 10.9. The van der Waals surface area contributed by atoms with Crippen LogP contribution in [0.5, 0.6) is 0 Å². The first-order chi connectivity index (χ1) is 7.20. The van der Waals surface area contributed by atoms with E-state index < -0.39 is 12.0 Å². The Balaban J connectivity index is 2.30. The molecular formula is C11H12N2O2. The number of aliphatic imine (C=N–C) groups is 1. The van der Waals surface area contributed by atoms with Gasteiger partial charge >= 0.3 is 5.97 Å². The molecule has 0 aromatic carbocycles.